The molecular weight excluding hydrogens is 286 g/mol. The van der Waals surface area contributed by atoms with Gasteiger partial charge in [-0.15, -0.1) is 0 Å². The maximum atomic E-state index is 12.1. The fourth-order valence-corrected chi connectivity index (χ4v) is 2.86. The number of amides is 2. The van der Waals surface area contributed by atoms with Gasteiger partial charge in [-0.1, -0.05) is 12.8 Å². The van der Waals surface area contributed by atoms with Crippen LogP contribution in [0, 0.1) is 17.0 Å². The lowest BCUT2D eigenvalue weighted by molar-refractivity contribution is -0.385. The van der Waals surface area contributed by atoms with Gasteiger partial charge in [0.25, 0.3) is 5.69 Å². The van der Waals surface area contributed by atoms with Gasteiger partial charge in [0.1, 0.15) is 0 Å². The molecule has 1 fully saturated rings. The SMILES string of the molecule is Cc1cc(NC(=O)N(C)CC2(O)CCCC2)ccc1[N+](=O)[O-]. The summed E-state index contributed by atoms with van der Waals surface area (Å²) < 4.78 is 0. The van der Waals surface area contributed by atoms with Crippen molar-refractivity contribution >= 4 is 17.4 Å². The van der Waals surface area contributed by atoms with Crippen LogP contribution >= 0.6 is 0 Å². The predicted octanol–water partition coefficient (Wildman–Crippen LogP) is 2.67. The molecule has 7 nitrogen and oxygen atoms in total. The zero-order valence-corrected chi connectivity index (χ0v) is 12.8. The summed E-state index contributed by atoms with van der Waals surface area (Å²) in [5.74, 6) is 0. The van der Waals surface area contributed by atoms with Gasteiger partial charge in [0.2, 0.25) is 0 Å². The number of aryl methyl sites for hydroxylation is 1. The van der Waals surface area contributed by atoms with Crippen LogP contribution in [-0.2, 0) is 0 Å². The number of nitrogens with one attached hydrogen (secondary N) is 1. The van der Waals surface area contributed by atoms with E-state index in [0.717, 1.165) is 12.8 Å². The van der Waals surface area contributed by atoms with Gasteiger partial charge < -0.3 is 15.3 Å². The highest BCUT2D eigenvalue weighted by molar-refractivity contribution is 5.89. The fraction of sp³-hybridized carbons (Fsp3) is 0.533. The van der Waals surface area contributed by atoms with Crippen molar-refractivity contribution in [3.05, 3.63) is 33.9 Å². The summed E-state index contributed by atoms with van der Waals surface area (Å²) in [5.41, 5.74) is 0.210. The van der Waals surface area contributed by atoms with Crippen LogP contribution in [-0.4, -0.2) is 40.2 Å². The molecule has 22 heavy (non-hydrogen) atoms. The predicted molar refractivity (Wildman–Crippen MR) is 82.9 cm³/mol. The summed E-state index contributed by atoms with van der Waals surface area (Å²) in [4.78, 5) is 23.9. The average molecular weight is 307 g/mol. The first kappa shape index (κ1) is 16.2. The van der Waals surface area contributed by atoms with Crippen molar-refractivity contribution in [3.63, 3.8) is 0 Å². The Bertz CT molecular complexity index is 582. The van der Waals surface area contributed by atoms with E-state index in [1.165, 1.54) is 17.0 Å². The Hall–Kier alpha value is -2.15. The van der Waals surface area contributed by atoms with Gasteiger partial charge in [0.05, 0.1) is 17.1 Å². The number of likely N-dealkylation sites (N-methyl/N-ethyl adjacent to an activating group) is 1. The number of rotatable bonds is 4. The molecule has 0 aromatic heterocycles. The number of benzene rings is 1. The Labute approximate surface area is 129 Å². The minimum atomic E-state index is -0.794. The molecule has 1 aromatic carbocycles. The molecule has 7 heteroatoms. The van der Waals surface area contributed by atoms with Crippen LogP contribution in [0.4, 0.5) is 16.2 Å². The second-order valence-corrected chi connectivity index (χ2v) is 5.98. The normalized spacial score (nSPS) is 16.3. The highest BCUT2D eigenvalue weighted by atomic mass is 16.6. The molecule has 0 aliphatic heterocycles. The Kier molecular flexibility index (Phi) is 4.65. The fourth-order valence-electron chi connectivity index (χ4n) is 2.86. The zero-order chi connectivity index (χ0) is 16.3. The van der Waals surface area contributed by atoms with Crippen molar-refractivity contribution in [3.8, 4) is 0 Å². The Morgan fingerprint density at radius 2 is 2.09 bits per heavy atom. The second-order valence-electron chi connectivity index (χ2n) is 5.98. The van der Waals surface area contributed by atoms with E-state index in [1.54, 1.807) is 20.0 Å². The van der Waals surface area contributed by atoms with E-state index < -0.39 is 10.5 Å². The maximum Gasteiger partial charge on any atom is 0.321 e. The van der Waals surface area contributed by atoms with Crippen molar-refractivity contribution < 1.29 is 14.8 Å². The molecule has 0 bridgehead atoms. The summed E-state index contributed by atoms with van der Waals surface area (Å²) in [6.07, 6.45) is 3.38. The molecular formula is C15H21N3O4. The molecule has 1 aliphatic rings. The molecule has 1 aliphatic carbocycles. The molecule has 0 heterocycles. The first-order valence-corrected chi connectivity index (χ1v) is 7.30. The number of hydrogen-bond acceptors (Lipinski definition) is 4. The molecule has 2 N–H and O–H groups in total. The number of carbonyl (C=O) groups is 1. The minimum absolute atomic E-state index is 0.0200. The van der Waals surface area contributed by atoms with Gasteiger partial charge >= 0.3 is 6.03 Å². The average Bonchev–Trinajstić information content (AvgIpc) is 2.84. The molecule has 1 aromatic rings. The maximum absolute atomic E-state index is 12.1. The Morgan fingerprint density at radius 1 is 1.45 bits per heavy atom. The number of aliphatic hydroxyl groups is 1. The highest BCUT2D eigenvalue weighted by Gasteiger charge is 2.33. The number of nitro benzene ring substituents is 1. The van der Waals surface area contributed by atoms with Crippen LogP contribution in [0.1, 0.15) is 31.2 Å². The standard InChI is InChI=1S/C15H21N3O4/c1-11-9-12(5-6-13(11)18(21)22)16-14(19)17(2)10-15(20)7-3-4-8-15/h5-6,9,20H,3-4,7-8,10H2,1-2H3,(H,16,19). The van der Waals surface area contributed by atoms with Gasteiger partial charge in [-0.2, -0.15) is 0 Å². The number of urea groups is 1. The van der Waals surface area contributed by atoms with E-state index in [2.05, 4.69) is 5.32 Å². The molecule has 1 saturated carbocycles. The first-order chi connectivity index (χ1) is 10.3. The lowest BCUT2D eigenvalue weighted by Gasteiger charge is -2.28. The van der Waals surface area contributed by atoms with Gasteiger partial charge in [-0.3, -0.25) is 10.1 Å². The van der Waals surface area contributed by atoms with E-state index in [-0.39, 0.29) is 18.3 Å². The Balaban J connectivity index is 1.99. The quantitative estimate of drug-likeness (QED) is 0.660. The molecule has 0 saturated heterocycles. The molecule has 2 rings (SSSR count). The lowest BCUT2D eigenvalue weighted by atomic mass is 10.0. The van der Waals surface area contributed by atoms with Crippen LogP contribution in [0.5, 0.6) is 0 Å². The van der Waals surface area contributed by atoms with Crippen LogP contribution in [0.3, 0.4) is 0 Å². The van der Waals surface area contributed by atoms with Gasteiger partial charge in [0, 0.05) is 24.4 Å². The summed E-state index contributed by atoms with van der Waals surface area (Å²) >= 11 is 0. The van der Waals surface area contributed by atoms with Crippen LogP contribution < -0.4 is 5.32 Å². The highest BCUT2D eigenvalue weighted by Crippen LogP contribution is 2.30. The van der Waals surface area contributed by atoms with E-state index >= 15 is 0 Å². The molecule has 0 spiro atoms. The largest absolute Gasteiger partial charge is 0.388 e. The van der Waals surface area contributed by atoms with Crippen molar-refractivity contribution in [2.45, 2.75) is 38.2 Å². The lowest BCUT2D eigenvalue weighted by Crippen LogP contribution is -2.43. The first-order valence-electron chi connectivity index (χ1n) is 7.30. The third-order valence-corrected chi connectivity index (χ3v) is 4.06. The molecule has 0 atom stereocenters. The minimum Gasteiger partial charge on any atom is -0.388 e. The monoisotopic (exact) mass is 307 g/mol. The van der Waals surface area contributed by atoms with E-state index in [0.29, 0.717) is 24.1 Å². The van der Waals surface area contributed by atoms with Gasteiger partial charge in [-0.25, -0.2) is 4.79 Å². The molecule has 0 radical (unpaired) electrons. The Morgan fingerprint density at radius 3 is 2.64 bits per heavy atom. The number of nitro groups is 1. The summed E-state index contributed by atoms with van der Waals surface area (Å²) in [6.45, 7) is 1.91. The van der Waals surface area contributed by atoms with Gasteiger partial charge in [0.15, 0.2) is 0 Å². The van der Waals surface area contributed by atoms with Crippen molar-refractivity contribution in [2.75, 3.05) is 18.9 Å². The smallest absolute Gasteiger partial charge is 0.321 e. The third kappa shape index (κ3) is 3.73. The second kappa shape index (κ2) is 6.31. The molecule has 0 unspecified atom stereocenters. The van der Waals surface area contributed by atoms with E-state index in [1.807, 2.05) is 0 Å². The molecule has 120 valence electrons. The van der Waals surface area contributed by atoms with Crippen molar-refractivity contribution in [1.82, 2.24) is 4.90 Å². The van der Waals surface area contributed by atoms with Crippen LogP contribution in [0.25, 0.3) is 0 Å². The number of anilines is 1. The van der Waals surface area contributed by atoms with Crippen LogP contribution in [0.15, 0.2) is 18.2 Å². The van der Waals surface area contributed by atoms with Crippen molar-refractivity contribution in [2.24, 2.45) is 0 Å². The van der Waals surface area contributed by atoms with E-state index in [4.69, 9.17) is 0 Å². The van der Waals surface area contributed by atoms with Gasteiger partial charge in [-0.05, 0) is 31.9 Å². The number of carbonyl (C=O) groups excluding carboxylic acids is 1. The van der Waals surface area contributed by atoms with E-state index in [9.17, 15) is 20.0 Å². The zero-order valence-electron chi connectivity index (χ0n) is 12.8. The topological polar surface area (TPSA) is 95.7 Å². The number of nitrogens with zero attached hydrogens (tertiary/aromatic N) is 2. The van der Waals surface area contributed by atoms with Crippen LogP contribution in [0.2, 0.25) is 0 Å². The summed E-state index contributed by atoms with van der Waals surface area (Å²) in [6, 6.07) is 4.10. The summed E-state index contributed by atoms with van der Waals surface area (Å²) in [5, 5.41) is 23.8. The summed E-state index contributed by atoms with van der Waals surface area (Å²) in [7, 11) is 1.63. The number of hydrogen-bond donors (Lipinski definition) is 2. The van der Waals surface area contributed by atoms with Crippen molar-refractivity contribution in [1.29, 1.82) is 0 Å². The third-order valence-electron chi connectivity index (χ3n) is 4.06. The molecule has 2 amide bonds.